The Bertz CT molecular complexity index is 4070. The predicted molar refractivity (Wildman–Crippen MR) is 286 cm³/mol. The third-order valence-electron chi connectivity index (χ3n) is 11.0. The second kappa shape index (κ2) is 29.3. The molecule has 0 aliphatic rings. The van der Waals surface area contributed by atoms with Crippen LogP contribution in [0.5, 0.6) is 0 Å². The van der Waals surface area contributed by atoms with Crippen LogP contribution in [0.2, 0.25) is 0 Å². The number of benzene rings is 4. The molecule has 0 saturated heterocycles. The molecule has 0 amide bonds. The second-order valence-corrected chi connectivity index (χ2v) is 25.8. The molecular formula is C48H48K2N10Na2O12S6. The topological polar surface area (TPSA) is 349 Å². The van der Waals surface area contributed by atoms with E-state index in [2.05, 4.69) is 11.4 Å². The summed E-state index contributed by atoms with van der Waals surface area (Å²) in [4.78, 5) is 15.8. The van der Waals surface area contributed by atoms with E-state index in [1.54, 1.807) is 64.6 Å². The molecule has 0 atom stereocenters. The van der Waals surface area contributed by atoms with Gasteiger partial charge in [0.25, 0.3) is 0 Å². The first-order valence-electron chi connectivity index (χ1n) is 22.2. The molecule has 0 unspecified atom stereocenters. The monoisotopic (exact) mass is 1270 g/mol. The number of aryl methyl sites for hydroxylation is 5. The van der Waals surface area contributed by atoms with Gasteiger partial charge in [-0.15, -0.1) is 10.2 Å². The number of nitriles is 1. The molecule has 0 aliphatic heterocycles. The fourth-order valence-corrected chi connectivity index (χ4v) is 12.1. The summed E-state index contributed by atoms with van der Waals surface area (Å²) in [5, 5.41) is 29.1. The zero-order chi connectivity index (χ0) is 56.8. The molecule has 22 nitrogen and oxygen atoms in total. The van der Waals surface area contributed by atoms with Crippen LogP contribution in [0, 0.1) is 59.8 Å². The van der Waals surface area contributed by atoms with Crippen LogP contribution in [0.1, 0.15) is 71.0 Å². The molecule has 0 bridgehead atoms. The van der Waals surface area contributed by atoms with E-state index < -0.39 is 50.8 Å². The Kier molecular flexibility index (Phi) is 27.4. The number of thiazole rings is 2. The van der Waals surface area contributed by atoms with Gasteiger partial charge in [0.1, 0.15) is 43.4 Å². The van der Waals surface area contributed by atoms with Crippen LogP contribution in [0.3, 0.4) is 0 Å². The molecular weight excluding hydrogens is 1230 g/mol. The second-order valence-electron chi connectivity index (χ2n) is 18.4. The smallest absolute Gasteiger partial charge is 0.748 e. The van der Waals surface area contributed by atoms with Crippen LogP contribution in [0.25, 0.3) is 25.6 Å². The number of azo groups is 1. The van der Waals surface area contributed by atoms with Gasteiger partial charge in [0.05, 0.1) is 61.8 Å². The molecule has 0 radical (unpaired) electrons. The average Bonchev–Trinajstić information content (AvgIpc) is 3.99. The Morgan fingerprint density at radius 2 is 1.12 bits per heavy atom. The van der Waals surface area contributed by atoms with Crippen LogP contribution in [0.4, 0.5) is 39.6 Å². The molecule has 0 aliphatic carbocycles. The van der Waals surface area contributed by atoms with Crippen molar-refractivity contribution in [3.05, 3.63) is 117 Å². The number of para-hydroxylation sites is 2. The molecule has 402 valence electrons. The summed E-state index contributed by atoms with van der Waals surface area (Å²) in [6, 6.07) is 22.2. The first kappa shape index (κ1) is 74.7. The quantitative estimate of drug-likeness (QED) is 0.0847. The summed E-state index contributed by atoms with van der Waals surface area (Å²) in [6.45, 7) is 17.3. The first-order valence-corrected chi connectivity index (χ1v) is 30.3. The van der Waals surface area contributed by atoms with Crippen molar-refractivity contribution in [1.29, 1.82) is 5.26 Å². The number of pyridine rings is 1. The third-order valence-corrected chi connectivity index (χ3v) is 15.3. The predicted octanol–water partition coefficient (Wildman–Crippen LogP) is -2.41. The Morgan fingerprint density at radius 3 is 1.60 bits per heavy atom. The maximum Gasteiger partial charge on any atom is 1.00 e. The maximum atomic E-state index is 12.8. The van der Waals surface area contributed by atoms with Crippen molar-refractivity contribution in [3.63, 3.8) is 0 Å². The zero-order valence-corrected chi connectivity index (χ0v) is 61.9. The van der Waals surface area contributed by atoms with Crippen molar-refractivity contribution in [2.75, 3.05) is 22.7 Å². The largest absolute Gasteiger partial charge is 1.00 e. The van der Waals surface area contributed by atoms with Crippen molar-refractivity contribution in [2.45, 2.75) is 84.4 Å². The standard InChI is InChI=1S/C46H44N10O6S4.2CH4O3S.2K.2Na/c1-23-19-26(4)39(65(57,58)59)28(6)36(23)51-42-37(52-53-43-30(22-47)41(46(8,9)10)54-56(43)45-49-32-16-12-14-18-34(32)64-45)24(2)21-35(50-42)55(44-48-31-15-11-13-17-33(31)63-44)38-25(3)20-27(5)40(29(38)7)66(60,61)62;2*1-5(2,3)4;;;;/h11-21H,1-10H3,(H,50,51)(H,57,58,59)(H,60,61,62);2*1H3,(H,2,3,4);;;;/q;;;4*+1/p-4. The summed E-state index contributed by atoms with van der Waals surface area (Å²) in [5.74, 6) is 0.360. The van der Waals surface area contributed by atoms with Crippen molar-refractivity contribution in [3.8, 4) is 11.2 Å². The van der Waals surface area contributed by atoms with Gasteiger partial charge in [0.15, 0.2) is 16.8 Å². The van der Waals surface area contributed by atoms with Gasteiger partial charge in [-0.25, -0.2) is 48.6 Å². The van der Waals surface area contributed by atoms with E-state index in [-0.39, 0.29) is 223 Å². The summed E-state index contributed by atoms with van der Waals surface area (Å²) in [6.07, 6.45) is 1.21. The van der Waals surface area contributed by atoms with Gasteiger partial charge in [0, 0.05) is 23.6 Å². The molecule has 8 rings (SSSR count). The van der Waals surface area contributed by atoms with E-state index in [4.69, 9.17) is 56.2 Å². The molecule has 4 heterocycles. The molecule has 4 aromatic heterocycles. The minimum atomic E-state index is -4.96. The number of aromatic nitrogens is 5. The van der Waals surface area contributed by atoms with Gasteiger partial charge in [-0.2, -0.15) is 15.0 Å². The van der Waals surface area contributed by atoms with Gasteiger partial charge in [-0.3, -0.25) is 4.90 Å². The van der Waals surface area contributed by atoms with Crippen LogP contribution < -0.4 is 172 Å². The van der Waals surface area contributed by atoms with E-state index in [9.17, 15) is 31.2 Å². The van der Waals surface area contributed by atoms with Gasteiger partial charge in [0.2, 0.25) is 5.13 Å². The van der Waals surface area contributed by atoms with Gasteiger partial charge >= 0.3 is 162 Å². The molecule has 0 fully saturated rings. The van der Waals surface area contributed by atoms with Crippen molar-refractivity contribution in [2.24, 2.45) is 10.2 Å². The van der Waals surface area contributed by atoms with Crippen LogP contribution in [0.15, 0.2) is 86.7 Å². The normalized spacial score (nSPS) is 11.7. The number of fused-ring (bicyclic) bond motifs is 2. The van der Waals surface area contributed by atoms with Crippen LogP contribution in [-0.2, 0) is 45.9 Å². The van der Waals surface area contributed by atoms with Gasteiger partial charge in [-0.05, 0) is 118 Å². The van der Waals surface area contributed by atoms with Crippen molar-refractivity contribution < 1.29 is 214 Å². The Hall–Kier alpha value is -1.38. The van der Waals surface area contributed by atoms with Crippen molar-refractivity contribution >= 4 is 123 Å². The van der Waals surface area contributed by atoms with E-state index in [1.807, 2.05) is 69.3 Å². The molecule has 80 heavy (non-hydrogen) atoms. The number of anilines is 5. The Balaban J connectivity index is 0.00000144. The van der Waals surface area contributed by atoms with E-state index in [0.29, 0.717) is 56.4 Å². The van der Waals surface area contributed by atoms with Crippen molar-refractivity contribution in [1.82, 2.24) is 24.7 Å². The molecule has 4 aromatic carbocycles. The minimum Gasteiger partial charge on any atom is -0.748 e. The van der Waals surface area contributed by atoms with Crippen LogP contribution >= 0.6 is 22.7 Å². The van der Waals surface area contributed by atoms with Gasteiger partial charge in [-0.1, -0.05) is 79.8 Å². The number of rotatable bonds is 10. The molecule has 32 heteroatoms. The third kappa shape index (κ3) is 18.6. The molecule has 0 spiro atoms. The summed E-state index contributed by atoms with van der Waals surface area (Å²) in [5.41, 5.74) is 4.74. The molecule has 1 N–H and O–H groups in total. The molecule has 0 saturated carbocycles. The summed E-state index contributed by atoms with van der Waals surface area (Å²) in [7, 11) is -17.7. The fraction of sp³-hybridized carbons (Fsp3) is 0.271. The Morgan fingerprint density at radius 1 is 0.650 bits per heavy atom. The number of hydrogen-bond acceptors (Lipinski definition) is 23. The average molecular weight is 1270 g/mol. The number of nitrogens with one attached hydrogen (secondary N) is 1. The first-order chi connectivity index (χ1) is 35.0. The SMILES string of the molecule is CS(=O)(=O)[O-].CS(=O)(=O)[O-].Cc1cc(N(c2nc3ccccc3s2)c2c(C)cc(C)c(S(=O)(=O)[O-])c2C)nc(Nc2c(C)cc(C)c(S(=O)(=O)[O-])c2C)c1N=Nc1c(C#N)c(C(C)(C)C)nn1-c1nc2ccccc2s1.[K+].[K+].[Na+].[Na+]. The van der Waals surface area contributed by atoms with E-state index in [1.165, 1.54) is 34.3 Å². The minimum absolute atomic E-state index is 0. The fourth-order valence-electron chi connectivity index (χ4n) is 8.30. The van der Waals surface area contributed by atoms with Gasteiger partial charge < -0.3 is 23.5 Å². The Labute approximate surface area is 602 Å². The van der Waals surface area contributed by atoms with E-state index >= 15 is 0 Å². The summed E-state index contributed by atoms with van der Waals surface area (Å²) >= 11 is 2.68. The number of hydrogen-bond donors (Lipinski definition) is 1. The maximum absolute atomic E-state index is 12.8. The van der Waals surface area contributed by atoms with Crippen LogP contribution in [-0.4, -0.2) is 89.1 Å². The summed E-state index contributed by atoms with van der Waals surface area (Å²) < 4.78 is 134. The number of nitrogens with zero attached hydrogens (tertiary/aromatic N) is 9. The molecule has 8 aromatic rings. The van der Waals surface area contributed by atoms with E-state index in [0.717, 1.165) is 14.9 Å². The zero-order valence-electron chi connectivity index (χ0n) is 46.7.